The number of carbonyl (C=O) groups is 3. The molecule has 5 heteroatoms. The number of halogens is 1. The molecule has 0 amide bonds. The molecule has 0 atom stereocenters. The van der Waals surface area contributed by atoms with Gasteiger partial charge in [-0.2, -0.15) is 0 Å². The summed E-state index contributed by atoms with van der Waals surface area (Å²) in [6, 6.07) is 4.55. The molecule has 0 N–H and O–H groups in total. The van der Waals surface area contributed by atoms with Gasteiger partial charge in [-0.05, 0) is 19.1 Å². The van der Waals surface area contributed by atoms with E-state index in [9.17, 15) is 14.4 Å². The number of hydrogen-bond acceptors (Lipinski definition) is 4. The normalized spacial score (nSPS) is 13.3. The first kappa shape index (κ1) is 15.1. The maximum absolute atomic E-state index is 11.9. The summed E-state index contributed by atoms with van der Waals surface area (Å²) in [6.07, 6.45) is 1.24. The molecule has 19 heavy (non-hydrogen) atoms. The first-order chi connectivity index (χ1) is 8.54. The lowest BCUT2D eigenvalue weighted by atomic mass is 9.89. The first-order valence-corrected chi connectivity index (χ1v) is 5.75. The largest absolute Gasteiger partial charge is 0.425 e. The Bertz CT molecular complexity index is 587. The Hall–Kier alpha value is -1.94. The van der Waals surface area contributed by atoms with Crippen LogP contribution in [0.3, 0.4) is 0 Å². The summed E-state index contributed by atoms with van der Waals surface area (Å²) in [7, 11) is 0. The van der Waals surface area contributed by atoms with Gasteiger partial charge in [-0.15, -0.1) is 11.6 Å². The lowest BCUT2D eigenvalue weighted by Crippen LogP contribution is -2.19. The van der Waals surface area contributed by atoms with E-state index < -0.39 is 5.97 Å². The highest BCUT2D eigenvalue weighted by atomic mass is 35.5. The fraction of sp³-hybridized carbons (Fsp3) is 0.214. The van der Waals surface area contributed by atoms with Crippen molar-refractivity contribution in [3.8, 4) is 5.75 Å². The van der Waals surface area contributed by atoms with Gasteiger partial charge in [-0.25, -0.2) is 0 Å². The van der Waals surface area contributed by atoms with Crippen molar-refractivity contribution >= 4 is 29.1 Å². The number of rotatable bonds is 2. The van der Waals surface area contributed by atoms with Crippen molar-refractivity contribution in [2.45, 2.75) is 14.4 Å². The monoisotopic (exact) mass is 280 g/mol. The Morgan fingerprint density at radius 1 is 1.32 bits per heavy atom. The third-order valence-corrected chi connectivity index (χ3v) is 2.77. The molecule has 0 heterocycles. The van der Waals surface area contributed by atoms with Gasteiger partial charge in [0.25, 0.3) is 0 Å². The molecule has 4 nitrogen and oxygen atoms in total. The number of alkyl halides is 1. The van der Waals surface area contributed by atoms with E-state index in [-0.39, 0.29) is 41.7 Å². The second-order valence-electron chi connectivity index (χ2n) is 3.81. The number of benzene rings is 1. The summed E-state index contributed by atoms with van der Waals surface area (Å²) in [6.45, 7) is 1.57. The molecule has 1 aliphatic rings. The van der Waals surface area contributed by atoms with Crippen LogP contribution in [0.5, 0.6) is 5.75 Å². The lowest BCUT2D eigenvalue weighted by Gasteiger charge is -2.15. The number of fused-ring (bicyclic) bond motifs is 1. The van der Waals surface area contributed by atoms with Crippen LogP contribution in [-0.4, -0.2) is 23.4 Å². The topological polar surface area (TPSA) is 60.4 Å². The van der Waals surface area contributed by atoms with Crippen LogP contribution in [0, 0.1) is 0 Å². The quantitative estimate of drug-likeness (QED) is 0.475. The Balaban J connectivity index is 0.00000180. The molecule has 1 aliphatic carbocycles. The minimum absolute atomic E-state index is 0. The van der Waals surface area contributed by atoms with Crippen molar-refractivity contribution < 1.29 is 19.1 Å². The van der Waals surface area contributed by atoms with E-state index >= 15 is 0 Å². The highest BCUT2D eigenvalue weighted by Crippen LogP contribution is 2.29. The van der Waals surface area contributed by atoms with Crippen LogP contribution >= 0.6 is 11.6 Å². The van der Waals surface area contributed by atoms with E-state index in [2.05, 4.69) is 0 Å². The maximum atomic E-state index is 11.9. The smallest absolute Gasteiger partial charge is 0.326 e. The van der Waals surface area contributed by atoms with Crippen LogP contribution in [0.15, 0.2) is 29.8 Å². The molecule has 2 rings (SSSR count). The third-order valence-electron chi connectivity index (χ3n) is 2.56. The summed E-state index contributed by atoms with van der Waals surface area (Å²) >= 11 is 5.33. The minimum Gasteiger partial charge on any atom is -0.425 e. The summed E-state index contributed by atoms with van der Waals surface area (Å²) in [5, 5.41) is 0. The number of ether oxygens (including phenoxy) is 1. The predicted octanol–water partition coefficient (Wildman–Crippen LogP) is 2.79. The highest BCUT2D eigenvalue weighted by molar-refractivity contribution is 6.27. The Labute approximate surface area is 116 Å². The highest BCUT2D eigenvalue weighted by Gasteiger charge is 2.27. The first-order valence-electron chi connectivity index (χ1n) is 5.21. The molecule has 0 fully saturated rings. The Morgan fingerprint density at radius 3 is 2.63 bits per heavy atom. The molecule has 0 saturated heterocycles. The van der Waals surface area contributed by atoms with Gasteiger partial charge < -0.3 is 4.74 Å². The van der Waals surface area contributed by atoms with Crippen LogP contribution in [0.25, 0.3) is 0 Å². The zero-order chi connectivity index (χ0) is 13.3. The minimum atomic E-state index is -0.670. The molecular weight excluding hydrogens is 268 g/mol. The summed E-state index contributed by atoms with van der Waals surface area (Å²) in [5.74, 6) is -1.51. The third kappa shape index (κ3) is 2.74. The molecule has 100 valence electrons. The number of allylic oxidation sites excluding steroid dienone is 2. The van der Waals surface area contributed by atoms with E-state index in [1.54, 1.807) is 13.0 Å². The maximum Gasteiger partial charge on any atom is 0.326 e. The van der Waals surface area contributed by atoms with E-state index in [1.165, 1.54) is 18.2 Å². The molecule has 1 aromatic rings. The van der Waals surface area contributed by atoms with Gasteiger partial charge in [0, 0.05) is 11.1 Å². The number of carbonyl (C=O) groups excluding carboxylic acids is 3. The molecular formula is C14H13ClO4. The van der Waals surface area contributed by atoms with Gasteiger partial charge in [0.2, 0.25) is 0 Å². The standard InChI is InChI=1S/C13H9ClO4.CH4/c1-7-5-9(15)12-8(13(7)17)3-2-4-10(12)18-11(16)6-14;/h2-5H,6H2,1H3;1H4. The van der Waals surface area contributed by atoms with Crippen LogP contribution in [0.4, 0.5) is 0 Å². The van der Waals surface area contributed by atoms with Crippen molar-refractivity contribution in [3.05, 3.63) is 41.0 Å². The van der Waals surface area contributed by atoms with Crippen LogP contribution in [-0.2, 0) is 4.79 Å². The average Bonchev–Trinajstić information content (AvgIpc) is 2.35. The summed E-state index contributed by atoms with van der Waals surface area (Å²) in [5.41, 5.74) is 0.736. The van der Waals surface area contributed by atoms with Crippen molar-refractivity contribution in [1.82, 2.24) is 0 Å². The fourth-order valence-corrected chi connectivity index (χ4v) is 1.81. The van der Waals surface area contributed by atoms with Crippen LogP contribution < -0.4 is 4.74 Å². The van der Waals surface area contributed by atoms with E-state index in [0.717, 1.165) is 0 Å². The van der Waals surface area contributed by atoms with Gasteiger partial charge in [0.1, 0.15) is 11.6 Å². The van der Waals surface area contributed by atoms with Crippen LogP contribution in [0.1, 0.15) is 35.1 Å². The second kappa shape index (κ2) is 5.80. The van der Waals surface area contributed by atoms with Gasteiger partial charge >= 0.3 is 5.97 Å². The molecule has 0 aliphatic heterocycles. The van der Waals surface area contributed by atoms with Crippen LogP contribution in [0.2, 0.25) is 0 Å². The van der Waals surface area contributed by atoms with E-state index in [0.29, 0.717) is 5.57 Å². The fourth-order valence-electron chi connectivity index (χ4n) is 1.76. The summed E-state index contributed by atoms with van der Waals surface area (Å²) in [4.78, 5) is 34.9. The predicted molar refractivity (Wildman–Crippen MR) is 71.9 cm³/mol. The molecule has 0 bridgehead atoms. The molecule has 0 saturated carbocycles. The Morgan fingerprint density at radius 2 is 2.00 bits per heavy atom. The van der Waals surface area contributed by atoms with Gasteiger partial charge in [-0.1, -0.05) is 19.6 Å². The summed E-state index contributed by atoms with van der Waals surface area (Å²) < 4.78 is 4.94. The lowest BCUT2D eigenvalue weighted by molar-refractivity contribution is -0.131. The zero-order valence-electron chi connectivity index (χ0n) is 9.53. The molecule has 0 aromatic heterocycles. The molecule has 0 radical (unpaired) electrons. The number of hydrogen-bond donors (Lipinski definition) is 0. The Kier molecular flexibility index (Phi) is 4.62. The number of Topliss-reactive ketones (excluding diaryl/α,β-unsaturated/α-hetero) is 1. The van der Waals surface area contributed by atoms with Crippen molar-refractivity contribution in [1.29, 1.82) is 0 Å². The molecule has 0 spiro atoms. The van der Waals surface area contributed by atoms with E-state index in [4.69, 9.17) is 16.3 Å². The van der Waals surface area contributed by atoms with E-state index in [1.807, 2.05) is 0 Å². The second-order valence-corrected chi connectivity index (χ2v) is 4.07. The van der Waals surface area contributed by atoms with Crippen molar-refractivity contribution in [2.75, 3.05) is 5.88 Å². The van der Waals surface area contributed by atoms with Gasteiger partial charge in [0.15, 0.2) is 11.6 Å². The van der Waals surface area contributed by atoms with Gasteiger partial charge in [0.05, 0.1) is 5.56 Å². The van der Waals surface area contributed by atoms with Crippen molar-refractivity contribution in [3.63, 3.8) is 0 Å². The average molecular weight is 281 g/mol. The zero-order valence-corrected chi connectivity index (χ0v) is 10.3. The van der Waals surface area contributed by atoms with Gasteiger partial charge in [-0.3, -0.25) is 14.4 Å². The SMILES string of the molecule is C.CC1=CC(=O)c2c(OC(=O)CCl)cccc2C1=O. The number of esters is 1. The van der Waals surface area contributed by atoms with Crippen molar-refractivity contribution in [2.24, 2.45) is 0 Å². The molecule has 1 aromatic carbocycles. The number of ketones is 2. The molecule has 0 unspecified atom stereocenters.